The van der Waals surface area contributed by atoms with Crippen LogP contribution in [0.2, 0.25) is 0 Å². The minimum Gasteiger partial charge on any atom is -0.398 e. The van der Waals surface area contributed by atoms with Crippen LogP contribution < -0.4 is 5.73 Å². The van der Waals surface area contributed by atoms with E-state index in [1.807, 2.05) is 0 Å². The number of sulfonamides is 1. The highest BCUT2D eigenvalue weighted by Gasteiger charge is 2.37. The molecule has 0 heterocycles. The van der Waals surface area contributed by atoms with Crippen molar-refractivity contribution in [2.45, 2.75) is 31.8 Å². The number of alkyl halides is 3. The summed E-state index contributed by atoms with van der Waals surface area (Å²) in [5.74, 6) is -0.548. The first kappa shape index (κ1) is 16.8. The quantitative estimate of drug-likeness (QED) is 0.849. The van der Waals surface area contributed by atoms with Crippen LogP contribution in [0.4, 0.5) is 18.9 Å². The number of halogens is 3. The maximum absolute atomic E-state index is 12.5. The van der Waals surface area contributed by atoms with E-state index < -0.39 is 34.5 Å². The van der Waals surface area contributed by atoms with Crippen LogP contribution in [0.25, 0.3) is 0 Å². The second-order valence-corrected chi connectivity index (χ2v) is 6.63. The van der Waals surface area contributed by atoms with E-state index in [-0.39, 0.29) is 5.69 Å². The van der Waals surface area contributed by atoms with E-state index >= 15 is 0 Å². The van der Waals surface area contributed by atoms with Gasteiger partial charge >= 0.3 is 6.18 Å². The molecule has 1 aromatic rings. The summed E-state index contributed by atoms with van der Waals surface area (Å²) in [6.45, 7) is 1.30. The molecule has 4 nitrogen and oxygen atoms in total. The van der Waals surface area contributed by atoms with Gasteiger partial charge in [-0.15, -0.1) is 0 Å². The van der Waals surface area contributed by atoms with Crippen LogP contribution in [-0.4, -0.2) is 31.5 Å². The van der Waals surface area contributed by atoms with Gasteiger partial charge in [0.1, 0.15) is 6.54 Å². The molecule has 2 N–H and O–H groups in total. The monoisotopic (exact) mass is 310 g/mol. The van der Waals surface area contributed by atoms with E-state index in [2.05, 4.69) is 0 Å². The molecular formula is C12H17F3N2O2S. The topological polar surface area (TPSA) is 63.4 Å². The second-order valence-electron chi connectivity index (χ2n) is 4.71. The SMILES string of the molecule is CC(C)N(CC(F)(F)F)S(=O)(=O)Cc1ccccc1N. The standard InChI is InChI=1S/C12H17F3N2O2S/c1-9(2)17(8-12(13,14)15)20(18,19)7-10-5-3-4-6-11(10)16/h3-6,9H,7-8,16H2,1-2H3. The predicted molar refractivity (Wildman–Crippen MR) is 71.4 cm³/mol. The van der Waals surface area contributed by atoms with Crippen LogP contribution >= 0.6 is 0 Å². The van der Waals surface area contributed by atoms with Crippen molar-refractivity contribution in [1.29, 1.82) is 0 Å². The highest BCUT2D eigenvalue weighted by Crippen LogP contribution is 2.23. The third kappa shape index (κ3) is 4.68. The lowest BCUT2D eigenvalue weighted by Crippen LogP contribution is -2.43. The average Bonchev–Trinajstić information content (AvgIpc) is 2.27. The maximum atomic E-state index is 12.5. The van der Waals surface area contributed by atoms with E-state index in [9.17, 15) is 21.6 Å². The Balaban J connectivity index is 3.03. The molecule has 0 aliphatic heterocycles. The molecule has 0 aliphatic carbocycles. The van der Waals surface area contributed by atoms with Gasteiger partial charge in [0, 0.05) is 11.7 Å². The summed E-state index contributed by atoms with van der Waals surface area (Å²) in [6, 6.07) is 5.42. The Morgan fingerprint density at radius 1 is 1.25 bits per heavy atom. The first-order valence-electron chi connectivity index (χ1n) is 5.92. The Labute approximate surface area is 116 Å². The van der Waals surface area contributed by atoms with Crippen LogP contribution in [0.5, 0.6) is 0 Å². The minimum absolute atomic E-state index is 0.242. The zero-order valence-corrected chi connectivity index (χ0v) is 12.0. The molecule has 0 amide bonds. The Morgan fingerprint density at radius 3 is 2.25 bits per heavy atom. The van der Waals surface area contributed by atoms with E-state index in [1.165, 1.54) is 26.0 Å². The molecule has 0 unspecified atom stereocenters. The predicted octanol–water partition coefficient (Wildman–Crippen LogP) is 2.37. The molecule has 8 heteroatoms. The third-order valence-electron chi connectivity index (χ3n) is 2.66. The highest BCUT2D eigenvalue weighted by molar-refractivity contribution is 7.88. The van der Waals surface area contributed by atoms with Crippen molar-refractivity contribution < 1.29 is 21.6 Å². The Morgan fingerprint density at radius 2 is 1.80 bits per heavy atom. The first-order chi connectivity index (χ1) is 9.03. The number of benzene rings is 1. The van der Waals surface area contributed by atoms with Gasteiger partial charge in [0.2, 0.25) is 10.0 Å². The fourth-order valence-corrected chi connectivity index (χ4v) is 3.53. The maximum Gasteiger partial charge on any atom is 0.402 e. The van der Waals surface area contributed by atoms with E-state index in [0.29, 0.717) is 9.87 Å². The molecule has 20 heavy (non-hydrogen) atoms. The average molecular weight is 310 g/mol. The van der Waals surface area contributed by atoms with E-state index in [0.717, 1.165) is 0 Å². The minimum atomic E-state index is -4.58. The fraction of sp³-hybridized carbons (Fsp3) is 0.500. The molecule has 1 rings (SSSR count). The molecule has 0 fully saturated rings. The summed E-state index contributed by atoms with van der Waals surface area (Å²) >= 11 is 0. The third-order valence-corrected chi connectivity index (χ3v) is 4.60. The number of para-hydroxylation sites is 1. The van der Waals surface area contributed by atoms with Gasteiger partial charge in [-0.05, 0) is 25.5 Å². The fourth-order valence-electron chi connectivity index (χ4n) is 1.72. The number of anilines is 1. The van der Waals surface area contributed by atoms with Crippen molar-refractivity contribution in [3.05, 3.63) is 29.8 Å². The second kappa shape index (κ2) is 6.01. The lowest BCUT2D eigenvalue weighted by molar-refractivity contribution is -0.138. The van der Waals surface area contributed by atoms with E-state index in [1.54, 1.807) is 12.1 Å². The largest absolute Gasteiger partial charge is 0.402 e. The van der Waals surface area contributed by atoms with Gasteiger partial charge in [-0.1, -0.05) is 18.2 Å². The molecule has 0 atom stereocenters. The van der Waals surface area contributed by atoms with Gasteiger partial charge in [0.05, 0.1) is 5.75 Å². The van der Waals surface area contributed by atoms with Crippen molar-refractivity contribution in [3.8, 4) is 0 Å². The summed E-state index contributed by atoms with van der Waals surface area (Å²) in [7, 11) is -4.10. The summed E-state index contributed by atoms with van der Waals surface area (Å²) in [4.78, 5) is 0. The van der Waals surface area contributed by atoms with Crippen molar-refractivity contribution in [3.63, 3.8) is 0 Å². The van der Waals surface area contributed by atoms with Crippen LogP contribution in [-0.2, 0) is 15.8 Å². The van der Waals surface area contributed by atoms with Gasteiger partial charge in [0.25, 0.3) is 0 Å². The molecular weight excluding hydrogens is 293 g/mol. The molecule has 1 aromatic carbocycles. The highest BCUT2D eigenvalue weighted by atomic mass is 32.2. The Hall–Kier alpha value is -1.28. The lowest BCUT2D eigenvalue weighted by Gasteiger charge is -2.27. The summed E-state index contributed by atoms with van der Waals surface area (Å²) in [6.07, 6.45) is -4.58. The number of hydrogen-bond donors (Lipinski definition) is 1. The summed E-state index contributed by atoms with van der Waals surface area (Å²) < 4.78 is 62.2. The summed E-state index contributed by atoms with van der Waals surface area (Å²) in [5, 5.41) is 0. The zero-order chi connectivity index (χ0) is 15.6. The van der Waals surface area contributed by atoms with Crippen molar-refractivity contribution in [2.24, 2.45) is 0 Å². The number of hydrogen-bond acceptors (Lipinski definition) is 3. The van der Waals surface area contributed by atoms with Gasteiger partial charge in [0.15, 0.2) is 0 Å². The van der Waals surface area contributed by atoms with Gasteiger partial charge in [-0.2, -0.15) is 17.5 Å². The molecule has 0 radical (unpaired) electrons. The molecule has 0 aliphatic rings. The number of rotatable bonds is 5. The van der Waals surface area contributed by atoms with Crippen molar-refractivity contribution in [2.75, 3.05) is 12.3 Å². The van der Waals surface area contributed by atoms with E-state index in [4.69, 9.17) is 5.73 Å². The van der Waals surface area contributed by atoms with Crippen LogP contribution in [0.1, 0.15) is 19.4 Å². The van der Waals surface area contributed by atoms with Crippen LogP contribution in [0, 0.1) is 0 Å². The summed E-state index contributed by atoms with van der Waals surface area (Å²) in [5.41, 5.74) is 6.16. The lowest BCUT2D eigenvalue weighted by atomic mass is 10.2. The molecule has 0 saturated carbocycles. The molecule has 114 valence electrons. The molecule has 0 aromatic heterocycles. The number of nitrogens with two attached hydrogens (primary N) is 1. The van der Waals surface area contributed by atoms with Gasteiger partial charge < -0.3 is 5.73 Å². The Bertz CT molecular complexity index is 556. The van der Waals surface area contributed by atoms with Gasteiger partial charge in [-0.25, -0.2) is 8.42 Å². The van der Waals surface area contributed by atoms with Crippen molar-refractivity contribution >= 4 is 15.7 Å². The van der Waals surface area contributed by atoms with Crippen LogP contribution in [0.3, 0.4) is 0 Å². The normalized spacial score (nSPS) is 13.2. The molecule has 0 bridgehead atoms. The zero-order valence-electron chi connectivity index (χ0n) is 11.2. The molecule has 0 spiro atoms. The molecule has 0 saturated heterocycles. The Kier molecular flexibility index (Phi) is 5.04. The first-order valence-corrected chi connectivity index (χ1v) is 7.53. The smallest absolute Gasteiger partial charge is 0.398 e. The van der Waals surface area contributed by atoms with Crippen LogP contribution in [0.15, 0.2) is 24.3 Å². The number of nitrogens with zero attached hydrogens (tertiary/aromatic N) is 1. The van der Waals surface area contributed by atoms with Crippen molar-refractivity contribution in [1.82, 2.24) is 4.31 Å². The number of nitrogen functional groups attached to an aromatic ring is 1. The van der Waals surface area contributed by atoms with Gasteiger partial charge in [-0.3, -0.25) is 0 Å².